The van der Waals surface area contributed by atoms with E-state index in [9.17, 15) is 0 Å². The Morgan fingerprint density at radius 1 is 1.47 bits per heavy atom. The van der Waals surface area contributed by atoms with E-state index >= 15 is 0 Å². The van der Waals surface area contributed by atoms with Crippen LogP contribution in [-0.2, 0) is 0 Å². The van der Waals surface area contributed by atoms with Crippen LogP contribution in [0.25, 0.3) is 0 Å². The summed E-state index contributed by atoms with van der Waals surface area (Å²) in [4.78, 5) is 4.76. The summed E-state index contributed by atoms with van der Waals surface area (Å²) in [7, 11) is 0. The fraction of sp³-hybridized carbons (Fsp3) is 0.923. The molecule has 4 heteroatoms. The predicted molar refractivity (Wildman–Crippen MR) is 81.2 cm³/mol. The van der Waals surface area contributed by atoms with E-state index in [-0.39, 0.29) is 0 Å². The number of nitrogens with one attached hydrogen (secondary N) is 1. The molecule has 1 atom stereocenters. The SMILES string of the molecule is CSCC(C)CNC1=NCC2(CCCC2)CS1. The average Bonchev–Trinajstić information content (AvgIpc) is 2.78. The maximum Gasteiger partial charge on any atom is 0.156 e. The molecule has 2 nitrogen and oxygen atoms in total. The lowest BCUT2D eigenvalue weighted by atomic mass is 9.89. The Morgan fingerprint density at radius 2 is 2.24 bits per heavy atom. The van der Waals surface area contributed by atoms with Crippen LogP contribution < -0.4 is 5.32 Å². The number of amidine groups is 1. The molecule has 1 saturated carbocycles. The molecule has 0 aromatic rings. The van der Waals surface area contributed by atoms with Crippen LogP contribution in [0.3, 0.4) is 0 Å². The standard InChI is InChI=1S/C13H24N2S2/c1-11(8-16-2)7-14-12-15-9-13(10-17-12)5-3-4-6-13/h11H,3-10H2,1-2H3,(H,14,15). The molecule has 98 valence electrons. The molecular weight excluding hydrogens is 248 g/mol. The minimum atomic E-state index is 0.570. The molecule has 0 radical (unpaired) electrons. The van der Waals surface area contributed by atoms with E-state index in [4.69, 9.17) is 4.99 Å². The zero-order chi connectivity index (χ0) is 12.1. The molecule has 1 heterocycles. The number of nitrogens with zero attached hydrogens (tertiary/aromatic N) is 1. The molecule has 1 N–H and O–H groups in total. The highest BCUT2D eigenvalue weighted by Gasteiger charge is 2.36. The van der Waals surface area contributed by atoms with E-state index in [1.807, 2.05) is 23.5 Å². The van der Waals surface area contributed by atoms with Gasteiger partial charge in [0.2, 0.25) is 0 Å². The minimum Gasteiger partial charge on any atom is -0.365 e. The minimum absolute atomic E-state index is 0.570. The van der Waals surface area contributed by atoms with E-state index in [0.29, 0.717) is 5.41 Å². The van der Waals surface area contributed by atoms with E-state index in [0.717, 1.165) is 19.0 Å². The van der Waals surface area contributed by atoms with Gasteiger partial charge < -0.3 is 5.32 Å². The van der Waals surface area contributed by atoms with Gasteiger partial charge in [0.15, 0.2) is 5.17 Å². The highest BCUT2D eigenvalue weighted by Crippen LogP contribution is 2.43. The summed E-state index contributed by atoms with van der Waals surface area (Å²) in [6.45, 7) is 4.44. The normalized spacial score (nSPS) is 24.7. The first kappa shape index (κ1) is 13.6. The van der Waals surface area contributed by atoms with Gasteiger partial charge in [-0.25, -0.2) is 0 Å². The molecule has 0 saturated heterocycles. The third kappa shape index (κ3) is 3.82. The highest BCUT2D eigenvalue weighted by molar-refractivity contribution is 8.13. The van der Waals surface area contributed by atoms with Crippen LogP contribution in [0, 0.1) is 11.3 Å². The second kappa shape index (κ2) is 6.37. The van der Waals surface area contributed by atoms with E-state index < -0.39 is 0 Å². The fourth-order valence-electron chi connectivity index (χ4n) is 2.69. The first-order valence-electron chi connectivity index (χ1n) is 6.64. The third-order valence-corrected chi connectivity index (χ3v) is 6.00. The summed E-state index contributed by atoms with van der Waals surface area (Å²) < 4.78 is 0. The molecule has 1 aliphatic carbocycles. The summed E-state index contributed by atoms with van der Waals surface area (Å²) in [5.74, 6) is 3.25. The quantitative estimate of drug-likeness (QED) is 0.850. The summed E-state index contributed by atoms with van der Waals surface area (Å²) in [6.07, 6.45) is 7.82. The Kier molecular flexibility index (Phi) is 5.10. The van der Waals surface area contributed by atoms with E-state index in [2.05, 4.69) is 18.5 Å². The van der Waals surface area contributed by atoms with Gasteiger partial charge in [0.25, 0.3) is 0 Å². The van der Waals surface area contributed by atoms with E-state index in [1.165, 1.54) is 42.4 Å². The summed E-state index contributed by atoms with van der Waals surface area (Å²) in [6, 6.07) is 0. The number of thioether (sulfide) groups is 2. The van der Waals surface area contributed by atoms with Gasteiger partial charge in [0.05, 0.1) is 0 Å². The van der Waals surface area contributed by atoms with Gasteiger partial charge in [0, 0.05) is 18.8 Å². The average molecular weight is 272 g/mol. The van der Waals surface area contributed by atoms with Crippen LogP contribution in [-0.4, -0.2) is 36.0 Å². The van der Waals surface area contributed by atoms with Gasteiger partial charge in [-0.15, -0.1) is 0 Å². The Labute approximate surface area is 114 Å². The number of hydrogen-bond donors (Lipinski definition) is 1. The second-order valence-corrected chi connectivity index (χ2v) is 7.43. The molecule has 2 rings (SSSR count). The van der Waals surface area contributed by atoms with Crippen molar-refractivity contribution in [2.75, 3.05) is 30.9 Å². The third-order valence-electron chi connectivity index (χ3n) is 3.79. The second-order valence-electron chi connectivity index (χ2n) is 5.56. The van der Waals surface area contributed by atoms with Gasteiger partial charge in [-0.1, -0.05) is 31.5 Å². The van der Waals surface area contributed by atoms with Gasteiger partial charge in [-0.05, 0) is 36.2 Å². The van der Waals surface area contributed by atoms with E-state index in [1.54, 1.807) is 0 Å². The van der Waals surface area contributed by atoms with Crippen LogP contribution in [0.2, 0.25) is 0 Å². The highest BCUT2D eigenvalue weighted by atomic mass is 32.2. The maximum atomic E-state index is 4.76. The molecule has 0 bridgehead atoms. The summed E-state index contributed by atoms with van der Waals surface area (Å²) in [5, 5.41) is 4.70. The topological polar surface area (TPSA) is 24.4 Å². The zero-order valence-electron chi connectivity index (χ0n) is 11.0. The predicted octanol–water partition coefficient (Wildman–Crippen LogP) is 3.24. The molecule has 0 aromatic heterocycles. The van der Waals surface area contributed by atoms with Crippen molar-refractivity contribution < 1.29 is 0 Å². The Morgan fingerprint density at radius 3 is 2.82 bits per heavy atom. The maximum absolute atomic E-state index is 4.76. The van der Waals surface area contributed by atoms with Gasteiger partial charge in [0.1, 0.15) is 0 Å². The number of aliphatic imine (C=N–C) groups is 1. The van der Waals surface area contributed by atoms with Gasteiger partial charge in [-0.3, -0.25) is 4.99 Å². The lowest BCUT2D eigenvalue weighted by Gasteiger charge is -2.31. The molecule has 1 spiro atoms. The van der Waals surface area contributed by atoms with Gasteiger partial charge >= 0.3 is 0 Å². The van der Waals surface area contributed by atoms with Crippen molar-refractivity contribution in [1.29, 1.82) is 0 Å². The van der Waals surface area contributed by atoms with Crippen LogP contribution in [0.5, 0.6) is 0 Å². The molecule has 1 aliphatic heterocycles. The molecule has 1 unspecified atom stereocenters. The van der Waals surface area contributed by atoms with Crippen molar-refractivity contribution in [3.63, 3.8) is 0 Å². The fourth-order valence-corrected chi connectivity index (χ4v) is 4.54. The zero-order valence-corrected chi connectivity index (χ0v) is 12.6. The summed E-state index contributed by atoms with van der Waals surface area (Å²) in [5.41, 5.74) is 0.570. The number of hydrogen-bond acceptors (Lipinski definition) is 4. The van der Waals surface area contributed by atoms with Crippen molar-refractivity contribution in [3.8, 4) is 0 Å². The molecule has 2 aliphatic rings. The Balaban J connectivity index is 1.74. The van der Waals surface area contributed by atoms with Crippen molar-refractivity contribution >= 4 is 28.7 Å². The molecular formula is C13H24N2S2. The van der Waals surface area contributed by atoms with Crippen molar-refractivity contribution in [2.24, 2.45) is 16.3 Å². The Bertz CT molecular complexity index is 273. The lowest BCUT2D eigenvalue weighted by molar-refractivity contribution is 0.358. The van der Waals surface area contributed by atoms with Crippen LogP contribution in [0.1, 0.15) is 32.6 Å². The molecule has 0 aromatic carbocycles. The first-order valence-corrected chi connectivity index (χ1v) is 9.02. The smallest absolute Gasteiger partial charge is 0.156 e. The Hall–Kier alpha value is 0.170. The van der Waals surface area contributed by atoms with Crippen LogP contribution in [0.4, 0.5) is 0 Å². The largest absolute Gasteiger partial charge is 0.365 e. The molecule has 0 amide bonds. The van der Waals surface area contributed by atoms with Crippen LogP contribution >= 0.6 is 23.5 Å². The van der Waals surface area contributed by atoms with Gasteiger partial charge in [-0.2, -0.15) is 11.8 Å². The molecule has 1 fully saturated rings. The lowest BCUT2D eigenvalue weighted by Crippen LogP contribution is -2.35. The monoisotopic (exact) mass is 272 g/mol. The van der Waals surface area contributed by atoms with Crippen molar-refractivity contribution in [2.45, 2.75) is 32.6 Å². The first-order chi connectivity index (χ1) is 8.24. The van der Waals surface area contributed by atoms with Crippen molar-refractivity contribution in [3.05, 3.63) is 0 Å². The number of rotatable bonds is 4. The van der Waals surface area contributed by atoms with Crippen molar-refractivity contribution in [1.82, 2.24) is 5.32 Å². The molecule has 17 heavy (non-hydrogen) atoms. The van der Waals surface area contributed by atoms with Crippen LogP contribution in [0.15, 0.2) is 4.99 Å². The summed E-state index contributed by atoms with van der Waals surface area (Å²) >= 11 is 3.88.